The second-order valence-corrected chi connectivity index (χ2v) is 7.33. The third-order valence-corrected chi connectivity index (χ3v) is 5.36. The summed E-state index contributed by atoms with van der Waals surface area (Å²) in [6.45, 7) is 0.551. The predicted molar refractivity (Wildman–Crippen MR) is 113 cm³/mol. The normalized spacial score (nSPS) is 14.3. The van der Waals surface area contributed by atoms with Crippen molar-refractivity contribution in [1.29, 1.82) is 5.26 Å². The molecule has 0 radical (unpaired) electrons. The monoisotopic (exact) mass is 377 g/mol. The quantitative estimate of drug-likeness (QED) is 0.538. The second-order valence-electron chi connectivity index (χ2n) is 7.33. The zero-order chi connectivity index (χ0) is 19.7. The Labute approximate surface area is 169 Å². The van der Waals surface area contributed by atoms with E-state index in [0.717, 1.165) is 46.4 Å². The van der Waals surface area contributed by atoms with E-state index in [2.05, 4.69) is 34.6 Å². The molecule has 1 N–H and O–H groups in total. The molecule has 29 heavy (non-hydrogen) atoms. The van der Waals surface area contributed by atoms with Crippen LogP contribution in [0.15, 0.2) is 72.9 Å². The lowest BCUT2D eigenvalue weighted by Gasteiger charge is -2.15. The Hall–Kier alpha value is -3.78. The number of rotatable bonds is 5. The van der Waals surface area contributed by atoms with Crippen molar-refractivity contribution in [2.45, 2.75) is 24.8 Å². The predicted octanol–water partition coefficient (Wildman–Crippen LogP) is 4.86. The van der Waals surface area contributed by atoms with Gasteiger partial charge in [0.25, 0.3) is 0 Å². The van der Waals surface area contributed by atoms with Crippen molar-refractivity contribution in [1.82, 2.24) is 15.0 Å². The molecule has 0 unspecified atom stereocenters. The maximum atomic E-state index is 9.65. The van der Waals surface area contributed by atoms with Gasteiger partial charge in [0, 0.05) is 6.20 Å². The van der Waals surface area contributed by atoms with E-state index in [9.17, 15) is 5.26 Å². The Balaban J connectivity index is 1.67. The molecule has 1 aliphatic carbocycles. The first-order chi connectivity index (χ1) is 14.3. The first-order valence-electron chi connectivity index (χ1n) is 9.71. The van der Waals surface area contributed by atoms with Crippen LogP contribution in [0.5, 0.6) is 0 Å². The third kappa shape index (κ3) is 3.19. The summed E-state index contributed by atoms with van der Waals surface area (Å²) in [6.07, 6.45) is 3.41. The summed E-state index contributed by atoms with van der Waals surface area (Å²) >= 11 is 0. The highest BCUT2D eigenvalue weighted by atomic mass is 15.1. The molecule has 5 nitrogen and oxygen atoms in total. The number of hydrogen-bond donors (Lipinski definition) is 1. The van der Waals surface area contributed by atoms with Gasteiger partial charge in [0.1, 0.15) is 11.2 Å². The minimum Gasteiger partial charge on any atom is -0.364 e. The average Bonchev–Trinajstić information content (AvgIpc) is 3.59. The van der Waals surface area contributed by atoms with Gasteiger partial charge in [-0.15, -0.1) is 0 Å². The zero-order valence-corrected chi connectivity index (χ0v) is 15.8. The molecule has 2 heterocycles. The van der Waals surface area contributed by atoms with Crippen molar-refractivity contribution in [3.8, 4) is 17.2 Å². The number of pyridine rings is 1. The number of nitrogens with zero attached hydrogens (tertiary/aromatic N) is 4. The lowest BCUT2D eigenvalue weighted by atomic mass is 10.00. The van der Waals surface area contributed by atoms with E-state index >= 15 is 0 Å². The Morgan fingerprint density at radius 1 is 0.931 bits per heavy atom. The van der Waals surface area contributed by atoms with Crippen LogP contribution >= 0.6 is 0 Å². The molecule has 0 atom stereocenters. The SMILES string of the molecule is N#CC1(c2nc(NCc3ccccn3)c3c(-c4ccccc4)cccc3n2)CC1. The van der Waals surface area contributed by atoms with Crippen molar-refractivity contribution in [3.05, 3.63) is 84.4 Å². The standard InChI is InChI=1S/C24H19N5/c25-16-24(12-13-24)23-28-20-11-6-10-19(17-7-2-1-3-8-17)21(20)22(29-23)27-15-18-9-4-5-14-26-18/h1-11,14H,12-13,15H2,(H,27,28,29). The summed E-state index contributed by atoms with van der Waals surface area (Å²) in [5, 5.41) is 14.1. The fourth-order valence-corrected chi connectivity index (χ4v) is 3.57. The van der Waals surface area contributed by atoms with E-state index < -0.39 is 5.41 Å². The van der Waals surface area contributed by atoms with Crippen LogP contribution in [-0.2, 0) is 12.0 Å². The van der Waals surface area contributed by atoms with E-state index in [-0.39, 0.29) is 0 Å². The van der Waals surface area contributed by atoms with Crippen molar-refractivity contribution in [3.63, 3.8) is 0 Å². The van der Waals surface area contributed by atoms with Crippen molar-refractivity contribution >= 4 is 16.7 Å². The van der Waals surface area contributed by atoms with Gasteiger partial charge in [0.2, 0.25) is 0 Å². The molecule has 0 amide bonds. The van der Waals surface area contributed by atoms with E-state index in [4.69, 9.17) is 9.97 Å². The van der Waals surface area contributed by atoms with Gasteiger partial charge >= 0.3 is 0 Å². The maximum absolute atomic E-state index is 9.65. The van der Waals surface area contributed by atoms with Crippen LogP contribution in [0.25, 0.3) is 22.0 Å². The lowest BCUT2D eigenvalue weighted by molar-refractivity contribution is 0.807. The largest absolute Gasteiger partial charge is 0.364 e. The highest BCUT2D eigenvalue weighted by Crippen LogP contribution is 2.47. The first kappa shape index (κ1) is 17.3. The van der Waals surface area contributed by atoms with Gasteiger partial charge in [-0.2, -0.15) is 5.26 Å². The van der Waals surface area contributed by atoms with Crippen molar-refractivity contribution in [2.24, 2.45) is 0 Å². The molecule has 2 aromatic heterocycles. The molecule has 0 bridgehead atoms. The summed E-state index contributed by atoms with van der Waals surface area (Å²) in [4.78, 5) is 14.0. The minimum atomic E-state index is -0.543. The number of benzene rings is 2. The fraction of sp³-hybridized carbons (Fsp3) is 0.167. The fourth-order valence-electron chi connectivity index (χ4n) is 3.57. The number of hydrogen-bond acceptors (Lipinski definition) is 5. The summed E-state index contributed by atoms with van der Waals surface area (Å²) < 4.78 is 0. The molecule has 5 rings (SSSR count). The van der Waals surface area contributed by atoms with E-state index in [1.165, 1.54) is 0 Å². The Morgan fingerprint density at radius 2 is 1.76 bits per heavy atom. The number of aromatic nitrogens is 3. The first-order valence-corrected chi connectivity index (χ1v) is 9.71. The summed E-state index contributed by atoms with van der Waals surface area (Å²) in [7, 11) is 0. The van der Waals surface area contributed by atoms with Gasteiger partial charge in [-0.25, -0.2) is 9.97 Å². The molecule has 4 aromatic rings. The molecule has 140 valence electrons. The van der Waals surface area contributed by atoms with E-state index in [0.29, 0.717) is 12.4 Å². The van der Waals surface area contributed by atoms with Crippen LogP contribution < -0.4 is 5.32 Å². The number of fused-ring (bicyclic) bond motifs is 1. The van der Waals surface area contributed by atoms with Gasteiger partial charge in [-0.3, -0.25) is 4.98 Å². The Morgan fingerprint density at radius 3 is 2.48 bits per heavy atom. The summed E-state index contributed by atoms with van der Waals surface area (Å²) in [5.41, 5.74) is 3.41. The van der Waals surface area contributed by atoms with E-state index in [1.807, 2.05) is 48.5 Å². The molecule has 0 spiro atoms. The molecule has 5 heteroatoms. The highest BCUT2D eigenvalue weighted by molar-refractivity contribution is 6.01. The van der Waals surface area contributed by atoms with E-state index in [1.54, 1.807) is 6.20 Å². The van der Waals surface area contributed by atoms with Crippen molar-refractivity contribution < 1.29 is 0 Å². The molecular weight excluding hydrogens is 358 g/mol. The Bertz CT molecular complexity index is 1210. The zero-order valence-electron chi connectivity index (χ0n) is 15.8. The van der Waals surface area contributed by atoms with Gasteiger partial charge in [-0.1, -0.05) is 48.5 Å². The van der Waals surface area contributed by atoms with Crippen LogP contribution in [0.4, 0.5) is 5.82 Å². The number of nitrogens with one attached hydrogen (secondary N) is 1. The topological polar surface area (TPSA) is 74.5 Å². The van der Waals surface area contributed by atoms with Gasteiger partial charge in [-0.05, 0) is 42.2 Å². The number of nitriles is 1. The third-order valence-electron chi connectivity index (χ3n) is 5.36. The molecule has 0 saturated heterocycles. The highest BCUT2D eigenvalue weighted by Gasteiger charge is 2.48. The second kappa shape index (κ2) is 6.99. The Kier molecular flexibility index (Phi) is 4.18. The number of anilines is 1. The molecule has 1 fully saturated rings. The molecular formula is C24H19N5. The summed E-state index contributed by atoms with van der Waals surface area (Å²) in [6, 6.07) is 24.6. The van der Waals surface area contributed by atoms with Gasteiger partial charge in [0.15, 0.2) is 5.82 Å². The van der Waals surface area contributed by atoms with Gasteiger partial charge in [0.05, 0.1) is 29.2 Å². The van der Waals surface area contributed by atoms with Crippen LogP contribution in [-0.4, -0.2) is 15.0 Å². The summed E-state index contributed by atoms with van der Waals surface area (Å²) in [5.74, 6) is 1.36. The molecule has 2 aromatic carbocycles. The minimum absolute atomic E-state index is 0.543. The van der Waals surface area contributed by atoms with Gasteiger partial charge < -0.3 is 5.32 Å². The lowest BCUT2D eigenvalue weighted by Crippen LogP contribution is -2.13. The van der Waals surface area contributed by atoms with Crippen molar-refractivity contribution in [2.75, 3.05) is 5.32 Å². The smallest absolute Gasteiger partial charge is 0.151 e. The molecule has 1 saturated carbocycles. The van der Waals surface area contributed by atoms with Crippen LogP contribution in [0.1, 0.15) is 24.4 Å². The average molecular weight is 377 g/mol. The van der Waals surface area contributed by atoms with Crippen LogP contribution in [0.3, 0.4) is 0 Å². The van der Waals surface area contributed by atoms with Crippen LogP contribution in [0, 0.1) is 11.3 Å². The maximum Gasteiger partial charge on any atom is 0.151 e. The molecule has 0 aliphatic heterocycles. The van der Waals surface area contributed by atoms with Crippen LogP contribution in [0.2, 0.25) is 0 Å². The molecule has 1 aliphatic rings.